The van der Waals surface area contributed by atoms with Crippen LogP contribution >= 0.6 is 18.5 Å². The lowest BCUT2D eigenvalue weighted by Crippen LogP contribution is -2.53. The second kappa shape index (κ2) is 13.9. The highest BCUT2D eigenvalue weighted by Crippen LogP contribution is 2.40. The highest BCUT2D eigenvalue weighted by Gasteiger charge is 2.35. The third-order valence-corrected chi connectivity index (χ3v) is 11.4. The monoisotopic (exact) mass is 664 g/mol. The van der Waals surface area contributed by atoms with Crippen molar-refractivity contribution in [1.82, 2.24) is 9.80 Å². The Kier molecular flexibility index (Phi) is 10.4. The van der Waals surface area contributed by atoms with E-state index in [4.69, 9.17) is 4.74 Å². The second-order valence-electron chi connectivity index (χ2n) is 12.4. The average molecular weight is 665 g/mol. The summed E-state index contributed by atoms with van der Waals surface area (Å²) in [6.07, 6.45) is -3.89. The van der Waals surface area contributed by atoms with Crippen molar-refractivity contribution >= 4 is 45.2 Å². The Labute approximate surface area is 266 Å². The molecule has 0 amide bonds. The van der Waals surface area contributed by atoms with Crippen LogP contribution in [-0.2, 0) is 11.0 Å². The van der Waals surface area contributed by atoms with Gasteiger partial charge in [0.2, 0.25) is 0 Å². The normalized spacial score (nSPS) is 20.5. The van der Waals surface area contributed by atoms with Gasteiger partial charge in [-0.15, -0.1) is 11.3 Å². The number of likely N-dealkylation sites (tertiary alicyclic amines) is 2. The van der Waals surface area contributed by atoms with Crippen molar-refractivity contribution in [2.24, 2.45) is 0 Å². The number of nitrogens with one attached hydrogen (secondary N) is 2. The van der Waals surface area contributed by atoms with Crippen molar-refractivity contribution in [3.63, 3.8) is 0 Å². The molecule has 2 aliphatic rings. The maximum atomic E-state index is 15.5. The molecule has 0 aliphatic carbocycles. The molecular formula is C33H41F4N4O2PS. The SMILES string of the molecule is COc1cc(P(C)(C)=O)ccc1NCC#Cc1sc2c(N[C@@H]3CCN(C4CCN(C)CC4)C[C@@H]3F)cccc2c1CC(F)(F)F. The highest BCUT2D eigenvalue weighted by atomic mass is 32.1. The van der Waals surface area contributed by atoms with Crippen LogP contribution in [0.5, 0.6) is 5.75 Å². The molecular weight excluding hydrogens is 623 g/mol. The van der Waals surface area contributed by atoms with E-state index in [9.17, 15) is 17.7 Å². The van der Waals surface area contributed by atoms with Crippen molar-refractivity contribution in [3.05, 3.63) is 46.8 Å². The Balaban J connectivity index is 1.33. The largest absolute Gasteiger partial charge is 0.495 e. The highest BCUT2D eigenvalue weighted by molar-refractivity contribution is 7.70. The molecule has 0 radical (unpaired) electrons. The summed E-state index contributed by atoms with van der Waals surface area (Å²) in [6.45, 7) is 6.71. The zero-order valence-corrected chi connectivity index (χ0v) is 27.8. The fourth-order valence-electron chi connectivity index (χ4n) is 6.17. The Bertz CT molecular complexity index is 1600. The molecule has 2 aliphatic heterocycles. The number of hydrogen-bond acceptors (Lipinski definition) is 7. The number of ether oxygens (including phenoxy) is 1. The summed E-state index contributed by atoms with van der Waals surface area (Å²) in [5, 5.41) is 7.67. The fourth-order valence-corrected chi connectivity index (χ4v) is 8.20. The van der Waals surface area contributed by atoms with Crippen LogP contribution in [0.4, 0.5) is 28.9 Å². The molecule has 2 aromatic carbocycles. The number of rotatable bonds is 8. The van der Waals surface area contributed by atoms with Gasteiger partial charge in [0.1, 0.15) is 19.1 Å². The molecule has 0 spiro atoms. The molecule has 244 valence electrons. The lowest BCUT2D eigenvalue weighted by Gasteiger charge is -2.42. The summed E-state index contributed by atoms with van der Waals surface area (Å²) in [7, 11) is 1.15. The van der Waals surface area contributed by atoms with E-state index in [2.05, 4.69) is 39.3 Å². The predicted octanol–water partition coefficient (Wildman–Crippen LogP) is 6.64. The molecule has 6 nitrogen and oxygen atoms in total. The number of hydrogen-bond donors (Lipinski definition) is 2. The van der Waals surface area contributed by atoms with Gasteiger partial charge in [0, 0.05) is 24.4 Å². The van der Waals surface area contributed by atoms with Gasteiger partial charge in [0.15, 0.2) is 0 Å². The van der Waals surface area contributed by atoms with Gasteiger partial charge in [0.25, 0.3) is 0 Å². The first-order valence-corrected chi connectivity index (χ1v) is 18.6. The molecule has 3 heterocycles. The number of fused-ring (bicyclic) bond motifs is 1. The van der Waals surface area contributed by atoms with Crippen LogP contribution in [0, 0.1) is 11.8 Å². The minimum atomic E-state index is -4.41. The summed E-state index contributed by atoms with van der Waals surface area (Å²) in [6, 6.07) is 10.4. The summed E-state index contributed by atoms with van der Waals surface area (Å²) in [5.41, 5.74) is 1.42. The molecule has 0 unspecified atom stereocenters. The smallest absolute Gasteiger partial charge is 0.393 e. The average Bonchev–Trinajstić information content (AvgIpc) is 3.32. The van der Waals surface area contributed by atoms with Crippen LogP contribution in [0.3, 0.4) is 0 Å². The molecule has 2 fully saturated rings. The first kappa shape index (κ1) is 33.6. The van der Waals surface area contributed by atoms with Crippen LogP contribution in [0.15, 0.2) is 36.4 Å². The van der Waals surface area contributed by atoms with Crippen molar-refractivity contribution in [1.29, 1.82) is 0 Å². The summed E-state index contributed by atoms with van der Waals surface area (Å²) in [5.74, 6) is 6.44. The number of alkyl halides is 4. The third kappa shape index (κ3) is 8.34. The van der Waals surface area contributed by atoms with Crippen LogP contribution in [-0.4, -0.2) is 94.4 Å². The zero-order chi connectivity index (χ0) is 32.4. The molecule has 1 aromatic heterocycles. The standard InChI is InChI=1S/C33H41F4N4O2PS/c1-40-16-12-22(13-17-40)41-18-14-27(26(34)21-41)39-29-8-5-7-24-25(20-33(35,36)37)31(45-32(24)29)9-6-15-38-28-11-10-23(44(3,4)42)19-30(28)43-2/h5,7-8,10-11,19,22,26-27,38-39H,12-18,20-21H2,1-4H3/t26-,27+/m0/s1. The number of thiophene rings is 1. The topological polar surface area (TPSA) is 56.8 Å². The number of nitrogens with zero attached hydrogens (tertiary/aromatic N) is 2. The Morgan fingerprint density at radius 3 is 2.51 bits per heavy atom. The number of methoxy groups -OCH3 is 1. The number of piperidine rings is 2. The first-order valence-electron chi connectivity index (χ1n) is 15.2. The van der Waals surface area contributed by atoms with Crippen molar-refractivity contribution in [2.45, 2.75) is 50.1 Å². The Morgan fingerprint density at radius 1 is 1.09 bits per heavy atom. The van der Waals surface area contributed by atoms with Gasteiger partial charge >= 0.3 is 6.18 Å². The molecule has 3 aromatic rings. The van der Waals surface area contributed by atoms with E-state index in [-0.39, 0.29) is 12.1 Å². The summed E-state index contributed by atoms with van der Waals surface area (Å²) in [4.78, 5) is 4.91. The number of benzene rings is 2. The summed E-state index contributed by atoms with van der Waals surface area (Å²) >= 11 is 1.21. The first-order chi connectivity index (χ1) is 21.3. The third-order valence-electron chi connectivity index (χ3n) is 8.69. The van der Waals surface area contributed by atoms with Gasteiger partial charge < -0.3 is 24.8 Å². The van der Waals surface area contributed by atoms with Crippen LogP contribution < -0.4 is 20.7 Å². The molecule has 0 bridgehead atoms. The lowest BCUT2D eigenvalue weighted by molar-refractivity contribution is -0.126. The van der Waals surface area contributed by atoms with E-state index in [1.807, 2.05) is 6.07 Å². The van der Waals surface area contributed by atoms with E-state index < -0.39 is 32.0 Å². The zero-order valence-electron chi connectivity index (χ0n) is 26.1. The molecule has 0 saturated carbocycles. The van der Waals surface area contributed by atoms with Crippen molar-refractivity contribution < 1.29 is 26.9 Å². The van der Waals surface area contributed by atoms with Crippen LogP contribution in [0.2, 0.25) is 0 Å². The minimum absolute atomic E-state index is 0.135. The van der Waals surface area contributed by atoms with E-state index in [1.54, 1.807) is 43.7 Å². The Hall–Kier alpha value is -2.77. The van der Waals surface area contributed by atoms with Gasteiger partial charge in [-0.05, 0) is 87.9 Å². The van der Waals surface area contributed by atoms with Gasteiger partial charge in [-0.3, -0.25) is 4.90 Å². The molecule has 2 N–H and O–H groups in total. The van der Waals surface area contributed by atoms with E-state index in [0.29, 0.717) is 56.4 Å². The number of anilines is 2. The molecule has 12 heteroatoms. The minimum Gasteiger partial charge on any atom is -0.495 e. The van der Waals surface area contributed by atoms with Gasteiger partial charge in [0.05, 0.1) is 47.1 Å². The second-order valence-corrected chi connectivity index (χ2v) is 16.6. The number of halogens is 4. The summed E-state index contributed by atoms with van der Waals surface area (Å²) < 4.78 is 75.2. The Morgan fingerprint density at radius 2 is 1.84 bits per heavy atom. The van der Waals surface area contributed by atoms with Gasteiger partial charge in [-0.25, -0.2) is 4.39 Å². The van der Waals surface area contributed by atoms with Crippen LogP contribution in [0.25, 0.3) is 10.1 Å². The quantitative estimate of drug-likeness (QED) is 0.160. The molecule has 2 saturated heterocycles. The van der Waals surface area contributed by atoms with Gasteiger partial charge in [-0.2, -0.15) is 13.2 Å². The van der Waals surface area contributed by atoms with E-state index in [0.717, 1.165) is 32.5 Å². The van der Waals surface area contributed by atoms with E-state index >= 15 is 4.39 Å². The maximum absolute atomic E-state index is 15.5. The van der Waals surface area contributed by atoms with E-state index in [1.165, 1.54) is 18.4 Å². The predicted molar refractivity (Wildman–Crippen MR) is 178 cm³/mol. The van der Waals surface area contributed by atoms with Crippen molar-refractivity contribution in [3.8, 4) is 17.6 Å². The lowest BCUT2D eigenvalue weighted by atomic mass is 9.96. The molecule has 2 atom stereocenters. The maximum Gasteiger partial charge on any atom is 0.393 e. The van der Waals surface area contributed by atoms with Gasteiger partial charge in [-0.1, -0.05) is 24.0 Å². The molecule has 5 rings (SSSR count). The van der Waals surface area contributed by atoms with Crippen molar-refractivity contribution in [2.75, 3.05) is 70.8 Å². The molecule has 45 heavy (non-hydrogen) atoms. The fraction of sp³-hybridized carbons (Fsp3) is 0.515. The van der Waals surface area contributed by atoms with Crippen LogP contribution in [0.1, 0.15) is 29.7 Å².